The average molecular weight is 291 g/mol. The monoisotopic (exact) mass is 291 g/mol. The predicted molar refractivity (Wildman–Crippen MR) is 65.6 cm³/mol. The van der Waals surface area contributed by atoms with Gasteiger partial charge in [-0.25, -0.2) is 0 Å². The maximum absolute atomic E-state index is 12.0. The van der Waals surface area contributed by atoms with Crippen LogP contribution in [0.3, 0.4) is 0 Å². The van der Waals surface area contributed by atoms with Gasteiger partial charge >= 0.3 is 11.9 Å². The Morgan fingerprint density at radius 1 is 1.40 bits per heavy atom. The normalized spacial score (nSPS) is 11.0. The highest BCUT2D eigenvalue weighted by molar-refractivity contribution is 6.00. The first kappa shape index (κ1) is 15.7. The van der Waals surface area contributed by atoms with Gasteiger partial charge in [-0.05, 0) is 19.1 Å². The van der Waals surface area contributed by atoms with E-state index in [-0.39, 0.29) is 5.69 Å². The number of carbonyl (C=O) groups excluding carboxylic acids is 1. The van der Waals surface area contributed by atoms with E-state index in [1.807, 2.05) is 0 Å². The Balaban J connectivity index is 3.07. The summed E-state index contributed by atoms with van der Waals surface area (Å²) in [5.41, 5.74) is -0.885. The maximum Gasteiger partial charge on any atom is 0.405 e. The summed E-state index contributed by atoms with van der Waals surface area (Å²) in [6, 6.07) is 3.83. The minimum atomic E-state index is -4.58. The Morgan fingerprint density at radius 3 is 2.55 bits per heavy atom. The van der Waals surface area contributed by atoms with Gasteiger partial charge in [0.15, 0.2) is 0 Å². The van der Waals surface area contributed by atoms with Crippen LogP contribution in [-0.2, 0) is 0 Å². The lowest BCUT2D eigenvalue weighted by atomic mass is 10.1. The van der Waals surface area contributed by atoms with Gasteiger partial charge in [0, 0.05) is 6.54 Å². The molecule has 0 spiro atoms. The number of para-hydroxylation sites is 1. The number of hydrogen-bond acceptors (Lipinski definition) is 4. The van der Waals surface area contributed by atoms with E-state index in [0.29, 0.717) is 6.54 Å². The van der Waals surface area contributed by atoms with Crippen LogP contribution in [0.15, 0.2) is 18.2 Å². The molecule has 0 saturated carbocycles. The molecule has 2 N–H and O–H groups in total. The molecule has 0 aromatic heterocycles. The van der Waals surface area contributed by atoms with Crippen molar-refractivity contribution >= 4 is 17.3 Å². The summed E-state index contributed by atoms with van der Waals surface area (Å²) in [6.45, 7) is 0.517. The van der Waals surface area contributed by atoms with E-state index >= 15 is 0 Å². The Hall–Kier alpha value is -2.32. The summed E-state index contributed by atoms with van der Waals surface area (Å²) in [6.07, 6.45) is -4.58. The Labute approximate surface area is 112 Å². The quantitative estimate of drug-likeness (QED) is 0.644. The minimum absolute atomic E-state index is 0.0807. The molecule has 1 aromatic carbocycles. The topological polar surface area (TPSA) is 84.3 Å². The molecule has 0 aliphatic carbocycles. The minimum Gasteiger partial charge on any atom is -0.380 e. The number of anilines is 1. The van der Waals surface area contributed by atoms with E-state index in [9.17, 15) is 28.1 Å². The number of benzene rings is 1. The second kappa shape index (κ2) is 6.22. The zero-order valence-electron chi connectivity index (χ0n) is 10.5. The van der Waals surface area contributed by atoms with Crippen LogP contribution in [0.2, 0.25) is 0 Å². The standard InChI is InChI=1S/C11H12F3N3O3/c1-2-15-8-5-3-4-7(9(8)17(19)20)10(18)16-6-11(12,13)14/h3-5,15H,2,6H2,1H3,(H,16,18). The van der Waals surface area contributed by atoms with Crippen LogP contribution < -0.4 is 10.6 Å². The van der Waals surface area contributed by atoms with Crippen LogP contribution in [-0.4, -0.2) is 30.1 Å². The van der Waals surface area contributed by atoms with Crippen LogP contribution in [0.25, 0.3) is 0 Å². The molecule has 0 atom stereocenters. The largest absolute Gasteiger partial charge is 0.405 e. The molecule has 9 heteroatoms. The number of carbonyl (C=O) groups is 1. The molecule has 0 saturated heterocycles. The second-order valence-electron chi connectivity index (χ2n) is 3.79. The highest BCUT2D eigenvalue weighted by Crippen LogP contribution is 2.28. The second-order valence-corrected chi connectivity index (χ2v) is 3.79. The van der Waals surface area contributed by atoms with Crippen molar-refractivity contribution in [2.45, 2.75) is 13.1 Å². The van der Waals surface area contributed by atoms with Gasteiger partial charge in [0.05, 0.1) is 4.92 Å². The van der Waals surface area contributed by atoms with Gasteiger partial charge < -0.3 is 10.6 Å². The molecule has 0 heterocycles. The fourth-order valence-electron chi connectivity index (χ4n) is 1.53. The van der Waals surface area contributed by atoms with Crippen LogP contribution >= 0.6 is 0 Å². The number of alkyl halides is 3. The van der Waals surface area contributed by atoms with Crippen molar-refractivity contribution in [1.29, 1.82) is 0 Å². The number of rotatable bonds is 5. The van der Waals surface area contributed by atoms with Crippen LogP contribution in [0.4, 0.5) is 24.5 Å². The molecule has 0 aliphatic rings. The first-order valence-electron chi connectivity index (χ1n) is 5.62. The first-order chi connectivity index (χ1) is 9.26. The van der Waals surface area contributed by atoms with Crippen molar-refractivity contribution in [3.8, 4) is 0 Å². The molecule has 110 valence electrons. The van der Waals surface area contributed by atoms with E-state index in [1.54, 1.807) is 12.2 Å². The fourth-order valence-corrected chi connectivity index (χ4v) is 1.53. The van der Waals surface area contributed by atoms with Gasteiger partial charge in [-0.1, -0.05) is 6.07 Å². The van der Waals surface area contributed by atoms with Crippen LogP contribution in [0.1, 0.15) is 17.3 Å². The van der Waals surface area contributed by atoms with Crippen molar-refractivity contribution in [1.82, 2.24) is 5.32 Å². The summed E-state index contributed by atoms with van der Waals surface area (Å²) in [5, 5.41) is 15.3. The number of nitro benzene ring substituents is 1. The molecular formula is C11H12F3N3O3. The summed E-state index contributed by atoms with van der Waals surface area (Å²) in [5.74, 6) is -1.14. The molecule has 0 aliphatic heterocycles. The number of halogens is 3. The zero-order chi connectivity index (χ0) is 15.3. The van der Waals surface area contributed by atoms with Crippen molar-refractivity contribution in [2.75, 3.05) is 18.4 Å². The average Bonchev–Trinajstić information content (AvgIpc) is 2.35. The van der Waals surface area contributed by atoms with Crippen molar-refractivity contribution in [2.24, 2.45) is 0 Å². The smallest absolute Gasteiger partial charge is 0.380 e. The molecule has 1 rings (SSSR count). The number of hydrogen-bond donors (Lipinski definition) is 2. The van der Waals surface area contributed by atoms with E-state index in [4.69, 9.17) is 0 Å². The Kier molecular flexibility index (Phi) is 4.89. The molecular weight excluding hydrogens is 279 g/mol. The molecule has 0 radical (unpaired) electrons. The fraction of sp³-hybridized carbons (Fsp3) is 0.364. The van der Waals surface area contributed by atoms with Crippen molar-refractivity contribution in [3.63, 3.8) is 0 Å². The maximum atomic E-state index is 12.0. The third kappa shape index (κ3) is 4.11. The SMILES string of the molecule is CCNc1cccc(C(=O)NCC(F)(F)F)c1[N+](=O)[O-]. The number of nitrogens with zero attached hydrogens (tertiary/aromatic N) is 1. The third-order valence-electron chi connectivity index (χ3n) is 2.28. The number of nitro groups is 1. The van der Waals surface area contributed by atoms with E-state index in [1.165, 1.54) is 12.1 Å². The third-order valence-corrected chi connectivity index (χ3v) is 2.28. The van der Waals surface area contributed by atoms with Gasteiger partial charge in [0.1, 0.15) is 17.8 Å². The van der Waals surface area contributed by atoms with E-state index in [0.717, 1.165) is 6.07 Å². The lowest BCUT2D eigenvalue weighted by molar-refractivity contribution is -0.384. The molecule has 0 unspecified atom stereocenters. The molecule has 0 fully saturated rings. The zero-order valence-corrected chi connectivity index (χ0v) is 10.5. The molecule has 1 amide bonds. The molecule has 20 heavy (non-hydrogen) atoms. The van der Waals surface area contributed by atoms with Gasteiger partial charge in [-0.3, -0.25) is 14.9 Å². The van der Waals surface area contributed by atoms with Crippen molar-refractivity contribution < 1.29 is 22.9 Å². The number of nitrogens with one attached hydrogen (secondary N) is 2. The summed E-state index contributed by atoms with van der Waals surface area (Å²) < 4.78 is 36.1. The molecule has 0 bridgehead atoms. The summed E-state index contributed by atoms with van der Waals surface area (Å²) in [7, 11) is 0. The van der Waals surface area contributed by atoms with Gasteiger partial charge in [-0.2, -0.15) is 13.2 Å². The lowest BCUT2D eigenvalue weighted by Gasteiger charge is -2.10. The van der Waals surface area contributed by atoms with Crippen LogP contribution in [0.5, 0.6) is 0 Å². The summed E-state index contributed by atoms with van der Waals surface area (Å²) in [4.78, 5) is 21.8. The highest BCUT2D eigenvalue weighted by Gasteiger charge is 2.30. The van der Waals surface area contributed by atoms with Crippen LogP contribution in [0, 0.1) is 10.1 Å². The van der Waals surface area contributed by atoms with Gasteiger partial charge in [-0.15, -0.1) is 0 Å². The highest BCUT2D eigenvalue weighted by atomic mass is 19.4. The van der Waals surface area contributed by atoms with Crippen molar-refractivity contribution in [3.05, 3.63) is 33.9 Å². The number of amides is 1. The van der Waals surface area contributed by atoms with Gasteiger partial charge in [0.2, 0.25) is 0 Å². The van der Waals surface area contributed by atoms with Gasteiger partial charge in [0.25, 0.3) is 5.91 Å². The lowest BCUT2D eigenvalue weighted by Crippen LogP contribution is -2.34. The molecule has 1 aromatic rings. The summed E-state index contributed by atoms with van der Waals surface area (Å²) >= 11 is 0. The molecule has 6 nitrogen and oxygen atoms in total. The van der Waals surface area contributed by atoms with E-state index < -0.39 is 34.8 Å². The Bertz CT molecular complexity index is 517. The first-order valence-corrected chi connectivity index (χ1v) is 5.62. The predicted octanol–water partition coefficient (Wildman–Crippen LogP) is 2.32. The Morgan fingerprint density at radius 2 is 2.05 bits per heavy atom. The van der Waals surface area contributed by atoms with E-state index in [2.05, 4.69) is 5.32 Å².